The molecule has 12 heteroatoms. The van der Waals surface area contributed by atoms with E-state index in [4.69, 9.17) is 14.2 Å². The quantitative estimate of drug-likeness (QED) is 0.157. The van der Waals surface area contributed by atoms with Gasteiger partial charge >= 0.3 is 0 Å². The molecule has 0 unspecified atom stereocenters. The first-order valence-corrected chi connectivity index (χ1v) is 15.9. The van der Waals surface area contributed by atoms with Gasteiger partial charge in [-0.15, -0.1) is 11.8 Å². The van der Waals surface area contributed by atoms with Crippen LogP contribution in [0.25, 0.3) is 22.4 Å². The molecule has 0 bridgehead atoms. The Labute approximate surface area is 259 Å². The highest BCUT2D eigenvalue weighted by Gasteiger charge is 2.18. The van der Waals surface area contributed by atoms with Crippen LogP contribution in [0, 0.1) is 18.3 Å². The molecular formula is C32H27N5O5S2. The van der Waals surface area contributed by atoms with Crippen LogP contribution in [0.1, 0.15) is 17.7 Å². The van der Waals surface area contributed by atoms with Crippen molar-refractivity contribution in [1.29, 1.82) is 5.26 Å². The fourth-order valence-electron chi connectivity index (χ4n) is 4.28. The number of aryl methyl sites for hydroxylation is 1. The average Bonchev–Trinajstić information content (AvgIpc) is 3.44. The van der Waals surface area contributed by atoms with E-state index in [0.29, 0.717) is 39.2 Å². The Balaban J connectivity index is 1.28. The second-order valence-electron chi connectivity index (χ2n) is 9.54. The summed E-state index contributed by atoms with van der Waals surface area (Å²) in [5.41, 5.74) is 4.07. The van der Waals surface area contributed by atoms with Gasteiger partial charge < -0.3 is 14.6 Å². The van der Waals surface area contributed by atoms with Crippen LogP contribution in [-0.4, -0.2) is 37.3 Å². The molecule has 1 amide bonds. The zero-order valence-electron chi connectivity index (χ0n) is 23.8. The maximum Gasteiger partial charge on any atom is 0.263 e. The number of sulfonamides is 1. The number of ether oxygens (including phenoxy) is 1. The third kappa shape index (κ3) is 7.26. The molecular weight excluding hydrogens is 599 g/mol. The standard InChI is InChI=1S/C32H27N5O5S2/c1-21-18-30(36-42-21)37-44(39,40)26-14-10-24(11-15-26)34-31(38)16-17-43-32-28(20-33)27(22-8-12-25(41-2)13-9-22)19-29(35-32)23-6-4-3-5-7-23/h3-15,18-19H,16-17H2,1-2H3,(H,34,38)(H,36,37). The van der Waals surface area contributed by atoms with Gasteiger partial charge in [-0.25, -0.2) is 13.4 Å². The van der Waals surface area contributed by atoms with Crippen molar-refractivity contribution in [2.45, 2.75) is 23.3 Å². The molecule has 2 aromatic heterocycles. The topological polar surface area (TPSA) is 147 Å². The smallest absolute Gasteiger partial charge is 0.263 e. The number of rotatable bonds is 11. The van der Waals surface area contributed by atoms with Crippen molar-refractivity contribution in [2.75, 3.05) is 22.9 Å². The molecule has 0 spiro atoms. The van der Waals surface area contributed by atoms with E-state index in [0.717, 1.165) is 16.7 Å². The predicted octanol–water partition coefficient (Wildman–Crippen LogP) is 6.51. The van der Waals surface area contributed by atoms with E-state index in [2.05, 4.69) is 21.3 Å². The third-order valence-electron chi connectivity index (χ3n) is 6.45. The second-order valence-corrected chi connectivity index (χ2v) is 12.3. The summed E-state index contributed by atoms with van der Waals surface area (Å²) in [7, 11) is -2.28. The van der Waals surface area contributed by atoms with E-state index in [1.807, 2.05) is 60.7 Å². The maximum absolute atomic E-state index is 12.7. The minimum atomic E-state index is -3.88. The number of hydrogen-bond donors (Lipinski definition) is 2. The number of methoxy groups -OCH3 is 1. The van der Waals surface area contributed by atoms with Gasteiger partial charge in [-0.3, -0.25) is 9.52 Å². The fraction of sp³-hybridized carbons (Fsp3) is 0.125. The van der Waals surface area contributed by atoms with Gasteiger partial charge in [0.05, 0.1) is 23.3 Å². The van der Waals surface area contributed by atoms with Crippen LogP contribution in [-0.2, 0) is 14.8 Å². The number of aromatic nitrogens is 2. The molecule has 0 radical (unpaired) electrons. The largest absolute Gasteiger partial charge is 0.497 e. The molecule has 0 saturated carbocycles. The number of thioether (sulfide) groups is 1. The molecule has 2 heterocycles. The van der Waals surface area contributed by atoms with Crippen molar-refractivity contribution >= 4 is 39.2 Å². The van der Waals surface area contributed by atoms with E-state index in [1.165, 1.54) is 42.1 Å². The summed E-state index contributed by atoms with van der Waals surface area (Å²) < 4.78 is 37.7. The summed E-state index contributed by atoms with van der Waals surface area (Å²) in [6.07, 6.45) is 0.137. The third-order valence-corrected chi connectivity index (χ3v) is 8.80. The highest BCUT2D eigenvalue weighted by molar-refractivity contribution is 7.99. The summed E-state index contributed by atoms with van der Waals surface area (Å²) >= 11 is 1.32. The number of pyridine rings is 1. The number of benzene rings is 3. The van der Waals surface area contributed by atoms with Crippen molar-refractivity contribution in [1.82, 2.24) is 10.1 Å². The lowest BCUT2D eigenvalue weighted by molar-refractivity contribution is -0.115. The number of anilines is 2. The normalized spacial score (nSPS) is 11.0. The second kappa shape index (κ2) is 13.5. The Kier molecular flexibility index (Phi) is 9.28. The van der Waals surface area contributed by atoms with Crippen LogP contribution in [0.5, 0.6) is 5.75 Å². The van der Waals surface area contributed by atoms with E-state index >= 15 is 0 Å². The molecule has 0 aliphatic heterocycles. The van der Waals surface area contributed by atoms with Gasteiger partial charge in [0.25, 0.3) is 10.0 Å². The van der Waals surface area contributed by atoms with Crippen molar-refractivity contribution in [3.8, 4) is 34.2 Å². The van der Waals surface area contributed by atoms with Gasteiger partial charge in [-0.2, -0.15) is 5.26 Å². The SMILES string of the molecule is COc1ccc(-c2cc(-c3ccccc3)nc(SCCC(=O)Nc3ccc(S(=O)(=O)Nc4cc(C)on4)cc3)c2C#N)cc1. The number of nitrogens with zero attached hydrogens (tertiary/aromatic N) is 3. The number of nitriles is 1. The summed E-state index contributed by atoms with van der Waals surface area (Å²) in [4.78, 5) is 17.5. The highest BCUT2D eigenvalue weighted by Crippen LogP contribution is 2.35. The molecule has 44 heavy (non-hydrogen) atoms. The summed E-state index contributed by atoms with van der Waals surface area (Å²) in [5, 5.41) is 17.1. The Bertz CT molecular complexity index is 1920. The van der Waals surface area contributed by atoms with Crippen LogP contribution >= 0.6 is 11.8 Å². The molecule has 0 aliphatic rings. The van der Waals surface area contributed by atoms with Crippen molar-refractivity contribution in [3.05, 3.63) is 102 Å². The van der Waals surface area contributed by atoms with Gasteiger partial charge in [0.15, 0.2) is 5.82 Å². The molecule has 10 nitrogen and oxygen atoms in total. The molecule has 0 fully saturated rings. The van der Waals surface area contributed by atoms with Crippen molar-refractivity contribution in [3.63, 3.8) is 0 Å². The molecule has 222 valence electrons. The first-order chi connectivity index (χ1) is 21.3. The molecule has 0 saturated heterocycles. The maximum atomic E-state index is 12.7. The molecule has 2 N–H and O–H groups in total. The van der Waals surface area contributed by atoms with Crippen LogP contribution in [0.3, 0.4) is 0 Å². The lowest BCUT2D eigenvalue weighted by atomic mass is 9.99. The predicted molar refractivity (Wildman–Crippen MR) is 169 cm³/mol. The lowest BCUT2D eigenvalue weighted by Crippen LogP contribution is -2.14. The molecule has 3 aromatic carbocycles. The fourth-order valence-corrected chi connectivity index (χ4v) is 6.21. The monoisotopic (exact) mass is 625 g/mol. The van der Waals surface area contributed by atoms with Crippen molar-refractivity contribution < 1.29 is 22.5 Å². The minimum Gasteiger partial charge on any atom is -0.497 e. The minimum absolute atomic E-state index is 0.00720. The number of nitrogens with one attached hydrogen (secondary N) is 2. The summed E-state index contributed by atoms with van der Waals surface area (Å²) in [6.45, 7) is 1.65. The number of hydrogen-bond acceptors (Lipinski definition) is 9. The summed E-state index contributed by atoms with van der Waals surface area (Å²) in [6, 6.07) is 28.6. The van der Waals surface area contributed by atoms with Gasteiger partial charge in [0, 0.05) is 35.1 Å². The van der Waals surface area contributed by atoms with Crippen LogP contribution in [0.15, 0.2) is 105 Å². The highest BCUT2D eigenvalue weighted by atomic mass is 32.2. The molecule has 5 aromatic rings. The zero-order chi connectivity index (χ0) is 31.1. The van der Waals surface area contributed by atoms with Crippen molar-refractivity contribution in [2.24, 2.45) is 0 Å². The van der Waals surface area contributed by atoms with E-state index in [9.17, 15) is 18.5 Å². The molecule has 0 atom stereocenters. The van der Waals surface area contributed by atoms with Crippen LogP contribution in [0.2, 0.25) is 0 Å². The van der Waals surface area contributed by atoms with Gasteiger partial charge in [0.2, 0.25) is 5.91 Å². The first-order valence-electron chi connectivity index (χ1n) is 13.4. The summed E-state index contributed by atoms with van der Waals surface area (Å²) in [5.74, 6) is 1.36. The zero-order valence-corrected chi connectivity index (χ0v) is 25.4. The Morgan fingerprint density at radius 3 is 2.36 bits per heavy atom. The molecule has 0 aliphatic carbocycles. The number of carbonyl (C=O) groups excluding carboxylic acids is 1. The Morgan fingerprint density at radius 1 is 1.00 bits per heavy atom. The van der Waals surface area contributed by atoms with Crippen LogP contribution in [0.4, 0.5) is 11.5 Å². The Morgan fingerprint density at radius 2 is 1.73 bits per heavy atom. The number of amides is 1. The number of carbonyl (C=O) groups is 1. The molecule has 5 rings (SSSR count). The average molecular weight is 626 g/mol. The van der Waals surface area contributed by atoms with Gasteiger partial charge in [-0.05, 0) is 55.0 Å². The van der Waals surface area contributed by atoms with E-state index < -0.39 is 10.0 Å². The van der Waals surface area contributed by atoms with Gasteiger partial charge in [-0.1, -0.05) is 47.6 Å². The first kappa shape index (κ1) is 30.3. The lowest BCUT2D eigenvalue weighted by Gasteiger charge is -2.13. The van der Waals surface area contributed by atoms with Gasteiger partial charge in [0.1, 0.15) is 22.6 Å². The van der Waals surface area contributed by atoms with E-state index in [-0.39, 0.29) is 23.0 Å². The Hall–Kier alpha value is -5.12. The van der Waals surface area contributed by atoms with E-state index in [1.54, 1.807) is 14.0 Å². The van der Waals surface area contributed by atoms with Crippen LogP contribution < -0.4 is 14.8 Å².